The maximum absolute atomic E-state index is 5.63. The summed E-state index contributed by atoms with van der Waals surface area (Å²) in [6.45, 7) is 3.74. The third-order valence-corrected chi connectivity index (χ3v) is 2.56. The number of rotatable bonds is 7. The number of hydrogen-bond acceptors (Lipinski definition) is 4. The molecular formula is C14H19N3O2. The van der Waals surface area contributed by atoms with Crippen molar-refractivity contribution >= 4 is 0 Å². The predicted molar refractivity (Wildman–Crippen MR) is 73.5 cm³/mol. The zero-order valence-electron chi connectivity index (χ0n) is 11.3. The van der Waals surface area contributed by atoms with E-state index in [1.165, 1.54) is 5.56 Å². The third-order valence-electron chi connectivity index (χ3n) is 2.56. The van der Waals surface area contributed by atoms with Crippen LogP contribution in [0.1, 0.15) is 11.3 Å². The van der Waals surface area contributed by atoms with Gasteiger partial charge in [-0.2, -0.15) is 0 Å². The Labute approximate surface area is 112 Å². The molecule has 0 saturated carbocycles. The average molecular weight is 261 g/mol. The van der Waals surface area contributed by atoms with Gasteiger partial charge in [-0.25, -0.2) is 0 Å². The van der Waals surface area contributed by atoms with Gasteiger partial charge in [0.05, 0.1) is 0 Å². The molecule has 1 aromatic carbocycles. The van der Waals surface area contributed by atoms with Crippen molar-refractivity contribution in [3.8, 4) is 11.6 Å². The SMILES string of the molecule is CNCc1cccc(OCCOc2cc(C)[nH]n2)c1. The maximum Gasteiger partial charge on any atom is 0.232 e. The van der Waals surface area contributed by atoms with Gasteiger partial charge in [0.2, 0.25) is 5.88 Å². The molecule has 5 nitrogen and oxygen atoms in total. The molecule has 5 heteroatoms. The zero-order valence-corrected chi connectivity index (χ0v) is 11.3. The van der Waals surface area contributed by atoms with Crippen LogP contribution in [0, 0.1) is 6.92 Å². The highest BCUT2D eigenvalue weighted by molar-refractivity contribution is 5.28. The van der Waals surface area contributed by atoms with Crippen molar-refractivity contribution in [2.24, 2.45) is 0 Å². The van der Waals surface area contributed by atoms with Crippen molar-refractivity contribution in [1.29, 1.82) is 0 Å². The molecule has 0 amide bonds. The van der Waals surface area contributed by atoms with E-state index in [9.17, 15) is 0 Å². The van der Waals surface area contributed by atoms with Crippen LogP contribution >= 0.6 is 0 Å². The Morgan fingerprint density at radius 3 is 2.79 bits per heavy atom. The van der Waals surface area contributed by atoms with E-state index < -0.39 is 0 Å². The van der Waals surface area contributed by atoms with E-state index >= 15 is 0 Å². The van der Waals surface area contributed by atoms with Crippen LogP contribution in [-0.4, -0.2) is 30.5 Å². The molecule has 0 atom stereocenters. The highest BCUT2D eigenvalue weighted by atomic mass is 16.5. The van der Waals surface area contributed by atoms with Crippen LogP contribution in [0.15, 0.2) is 30.3 Å². The number of benzene rings is 1. The molecule has 19 heavy (non-hydrogen) atoms. The van der Waals surface area contributed by atoms with Crippen molar-refractivity contribution in [2.75, 3.05) is 20.3 Å². The van der Waals surface area contributed by atoms with Crippen LogP contribution in [0.2, 0.25) is 0 Å². The second-order valence-electron chi connectivity index (χ2n) is 4.26. The van der Waals surface area contributed by atoms with Gasteiger partial charge in [0.1, 0.15) is 19.0 Å². The molecule has 1 aromatic heterocycles. The van der Waals surface area contributed by atoms with Gasteiger partial charge in [0.25, 0.3) is 0 Å². The van der Waals surface area contributed by atoms with Gasteiger partial charge in [0.15, 0.2) is 0 Å². The predicted octanol–water partition coefficient (Wildman–Crippen LogP) is 1.90. The highest BCUT2D eigenvalue weighted by Crippen LogP contribution is 2.13. The number of nitrogens with one attached hydrogen (secondary N) is 2. The third kappa shape index (κ3) is 4.30. The van der Waals surface area contributed by atoms with Gasteiger partial charge < -0.3 is 14.8 Å². The van der Waals surface area contributed by atoms with Crippen LogP contribution in [0.5, 0.6) is 11.6 Å². The van der Waals surface area contributed by atoms with Crippen LogP contribution in [-0.2, 0) is 6.54 Å². The molecule has 102 valence electrons. The lowest BCUT2D eigenvalue weighted by Crippen LogP contribution is -2.10. The molecule has 0 spiro atoms. The second kappa shape index (κ2) is 6.80. The number of aromatic nitrogens is 2. The summed E-state index contributed by atoms with van der Waals surface area (Å²) in [4.78, 5) is 0. The largest absolute Gasteiger partial charge is 0.490 e. The molecule has 2 rings (SSSR count). The fourth-order valence-electron chi connectivity index (χ4n) is 1.72. The van der Waals surface area contributed by atoms with Crippen molar-refractivity contribution in [2.45, 2.75) is 13.5 Å². The topological polar surface area (TPSA) is 59.2 Å². The van der Waals surface area contributed by atoms with Crippen molar-refractivity contribution in [3.05, 3.63) is 41.6 Å². The molecule has 2 N–H and O–H groups in total. The Bertz CT molecular complexity index is 511. The molecule has 0 bridgehead atoms. The summed E-state index contributed by atoms with van der Waals surface area (Å²) in [5, 5.41) is 9.92. The van der Waals surface area contributed by atoms with Gasteiger partial charge in [-0.05, 0) is 31.7 Å². The molecule has 0 fully saturated rings. The van der Waals surface area contributed by atoms with E-state index in [0.717, 1.165) is 18.0 Å². The van der Waals surface area contributed by atoms with Crippen molar-refractivity contribution in [3.63, 3.8) is 0 Å². The number of hydrogen-bond donors (Lipinski definition) is 2. The van der Waals surface area contributed by atoms with Crippen LogP contribution < -0.4 is 14.8 Å². The van der Waals surface area contributed by atoms with Crippen LogP contribution in [0.25, 0.3) is 0 Å². The first-order valence-electron chi connectivity index (χ1n) is 6.29. The first kappa shape index (κ1) is 13.4. The minimum absolute atomic E-state index is 0.473. The van der Waals surface area contributed by atoms with E-state index in [1.54, 1.807) is 0 Å². The molecule has 0 aliphatic carbocycles. The summed E-state index contributed by atoms with van der Waals surface area (Å²) in [7, 11) is 1.92. The van der Waals surface area contributed by atoms with E-state index in [1.807, 2.05) is 38.2 Å². The standard InChI is InChI=1S/C14H19N3O2/c1-11-8-14(17-16-11)19-7-6-18-13-5-3-4-12(9-13)10-15-2/h3-5,8-9,15H,6-7,10H2,1-2H3,(H,16,17). The van der Waals surface area contributed by atoms with E-state index in [2.05, 4.69) is 21.6 Å². The fraction of sp³-hybridized carbons (Fsp3) is 0.357. The Balaban J connectivity index is 1.74. The molecule has 0 saturated heterocycles. The minimum atomic E-state index is 0.473. The number of H-pyrrole nitrogens is 1. The summed E-state index contributed by atoms with van der Waals surface area (Å²) in [5.74, 6) is 1.46. The molecule has 2 aromatic rings. The molecule has 0 unspecified atom stereocenters. The lowest BCUT2D eigenvalue weighted by molar-refractivity contribution is 0.211. The minimum Gasteiger partial charge on any atom is -0.490 e. The summed E-state index contributed by atoms with van der Waals surface area (Å²) < 4.78 is 11.1. The summed E-state index contributed by atoms with van der Waals surface area (Å²) in [5.41, 5.74) is 2.18. The highest BCUT2D eigenvalue weighted by Gasteiger charge is 1.99. The smallest absolute Gasteiger partial charge is 0.232 e. The normalized spacial score (nSPS) is 10.4. The van der Waals surface area contributed by atoms with Crippen LogP contribution in [0.3, 0.4) is 0 Å². The van der Waals surface area contributed by atoms with Gasteiger partial charge in [-0.3, -0.25) is 5.10 Å². The van der Waals surface area contributed by atoms with Crippen LogP contribution in [0.4, 0.5) is 0 Å². The quantitative estimate of drug-likeness (QED) is 0.747. The van der Waals surface area contributed by atoms with Crippen molar-refractivity contribution < 1.29 is 9.47 Å². The molecule has 0 aliphatic heterocycles. The second-order valence-corrected chi connectivity index (χ2v) is 4.26. The van der Waals surface area contributed by atoms with E-state index in [4.69, 9.17) is 9.47 Å². The lowest BCUT2D eigenvalue weighted by Gasteiger charge is -2.08. The Hall–Kier alpha value is -2.01. The maximum atomic E-state index is 5.63. The average Bonchev–Trinajstić information content (AvgIpc) is 2.82. The lowest BCUT2D eigenvalue weighted by atomic mass is 10.2. The van der Waals surface area contributed by atoms with Crippen molar-refractivity contribution in [1.82, 2.24) is 15.5 Å². The summed E-state index contributed by atoms with van der Waals surface area (Å²) in [6.07, 6.45) is 0. The molecule has 0 radical (unpaired) electrons. The molecular weight excluding hydrogens is 242 g/mol. The Kier molecular flexibility index (Phi) is 4.80. The van der Waals surface area contributed by atoms with Gasteiger partial charge >= 0.3 is 0 Å². The van der Waals surface area contributed by atoms with Gasteiger partial charge in [0, 0.05) is 18.3 Å². The van der Waals surface area contributed by atoms with Gasteiger partial charge in [-0.1, -0.05) is 12.1 Å². The fourth-order valence-corrected chi connectivity index (χ4v) is 1.72. The first-order valence-corrected chi connectivity index (χ1v) is 6.29. The number of aromatic amines is 1. The number of ether oxygens (including phenoxy) is 2. The first-order chi connectivity index (χ1) is 9.28. The van der Waals surface area contributed by atoms with E-state index in [-0.39, 0.29) is 0 Å². The summed E-state index contributed by atoms with van der Waals surface area (Å²) in [6, 6.07) is 9.87. The molecule has 0 aliphatic rings. The molecule has 1 heterocycles. The summed E-state index contributed by atoms with van der Waals surface area (Å²) >= 11 is 0. The Morgan fingerprint density at radius 2 is 2.05 bits per heavy atom. The Morgan fingerprint density at radius 1 is 1.21 bits per heavy atom. The van der Waals surface area contributed by atoms with Gasteiger partial charge in [-0.15, -0.1) is 5.10 Å². The number of aryl methyl sites for hydroxylation is 1. The number of nitrogens with zero attached hydrogens (tertiary/aromatic N) is 1. The van der Waals surface area contributed by atoms with E-state index in [0.29, 0.717) is 19.1 Å². The monoisotopic (exact) mass is 261 g/mol. The zero-order chi connectivity index (χ0) is 13.5.